The standard InChI is InChI=1S/C22H24N6O4/c29-19-17(7-4-8-25-19)26-20(30)18-13-27(21(31)15-5-2-1-3-6-15)9-10-28(18)22(32)16-11-23-14-24-12-16/h1-3,5-6,11-12,14,17-18H,4,7-10,13H2,(H,25,29)(H,26,30)/t17-,18-/m1/s1. The Kier molecular flexibility index (Phi) is 6.39. The third-order valence-corrected chi connectivity index (χ3v) is 5.66. The zero-order valence-corrected chi connectivity index (χ0v) is 17.4. The van der Waals surface area contributed by atoms with Crippen LogP contribution in [-0.4, -0.2) is 81.7 Å². The molecule has 0 spiro atoms. The lowest BCUT2D eigenvalue weighted by atomic mass is 10.0. The summed E-state index contributed by atoms with van der Waals surface area (Å²) >= 11 is 0. The van der Waals surface area contributed by atoms with E-state index in [-0.39, 0.29) is 37.0 Å². The van der Waals surface area contributed by atoms with Crippen molar-refractivity contribution in [2.24, 2.45) is 0 Å². The molecule has 2 N–H and O–H groups in total. The molecule has 4 rings (SSSR count). The highest BCUT2D eigenvalue weighted by molar-refractivity contribution is 5.99. The Morgan fingerprint density at radius 2 is 1.75 bits per heavy atom. The largest absolute Gasteiger partial charge is 0.354 e. The van der Waals surface area contributed by atoms with Crippen molar-refractivity contribution >= 4 is 23.6 Å². The lowest BCUT2D eigenvalue weighted by molar-refractivity contribution is -0.133. The van der Waals surface area contributed by atoms with Crippen LogP contribution in [0, 0.1) is 0 Å². The smallest absolute Gasteiger partial charge is 0.257 e. The Hall–Kier alpha value is -3.82. The van der Waals surface area contributed by atoms with E-state index in [0.717, 1.165) is 6.42 Å². The number of nitrogens with one attached hydrogen (secondary N) is 2. The second-order valence-electron chi connectivity index (χ2n) is 7.75. The molecule has 0 saturated carbocycles. The molecule has 2 fully saturated rings. The number of aromatic nitrogens is 2. The molecule has 3 heterocycles. The van der Waals surface area contributed by atoms with Crippen LogP contribution in [0.3, 0.4) is 0 Å². The van der Waals surface area contributed by atoms with Crippen LogP contribution < -0.4 is 10.6 Å². The van der Waals surface area contributed by atoms with Crippen molar-refractivity contribution < 1.29 is 19.2 Å². The van der Waals surface area contributed by atoms with Gasteiger partial charge in [0.1, 0.15) is 18.4 Å². The molecule has 0 bridgehead atoms. The van der Waals surface area contributed by atoms with E-state index < -0.39 is 23.9 Å². The zero-order chi connectivity index (χ0) is 22.5. The maximum absolute atomic E-state index is 13.2. The minimum Gasteiger partial charge on any atom is -0.354 e. The molecule has 0 aliphatic carbocycles. The van der Waals surface area contributed by atoms with E-state index >= 15 is 0 Å². The summed E-state index contributed by atoms with van der Waals surface area (Å²) in [4.78, 5) is 62.1. The minimum atomic E-state index is -0.946. The fraction of sp³-hybridized carbons (Fsp3) is 0.364. The first-order valence-corrected chi connectivity index (χ1v) is 10.5. The average molecular weight is 436 g/mol. The Bertz CT molecular complexity index is 1000. The lowest BCUT2D eigenvalue weighted by Gasteiger charge is -2.41. The molecule has 2 saturated heterocycles. The molecule has 4 amide bonds. The minimum absolute atomic E-state index is 0.0212. The van der Waals surface area contributed by atoms with E-state index in [1.807, 2.05) is 6.07 Å². The number of carbonyl (C=O) groups excluding carboxylic acids is 4. The number of carbonyl (C=O) groups is 4. The SMILES string of the molecule is O=C(N[C@@H]1CCCNC1=O)[C@H]1CN(C(=O)c2ccccc2)CCN1C(=O)c1cncnc1. The summed E-state index contributed by atoms with van der Waals surface area (Å²) in [6.07, 6.45) is 5.38. The number of piperazine rings is 1. The lowest BCUT2D eigenvalue weighted by Crippen LogP contribution is -2.63. The van der Waals surface area contributed by atoms with Crippen LogP contribution in [0.2, 0.25) is 0 Å². The topological polar surface area (TPSA) is 125 Å². The van der Waals surface area contributed by atoms with E-state index in [9.17, 15) is 19.2 Å². The molecule has 0 unspecified atom stereocenters. The van der Waals surface area contributed by atoms with Crippen molar-refractivity contribution in [2.75, 3.05) is 26.2 Å². The first kappa shape index (κ1) is 21.4. The van der Waals surface area contributed by atoms with Gasteiger partial charge in [0, 0.05) is 37.6 Å². The van der Waals surface area contributed by atoms with Gasteiger partial charge in [-0.1, -0.05) is 18.2 Å². The van der Waals surface area contributed by atoms with Gasteiger partial charge in [0.2, 0.25) is 11.8 Å². The van der Waals surface area contributed by atoms with Crippen LogP contribution in [-0.2, 0) is 9.59 Å². The number of hydrogen-bond acceptors (Lipinski definition) is 6. The summed E-state index contributed by atoms with van der Waals surface area (Å²) in [5.74, 6) is -1.32. The fourth-order valence-electron chi connectivity index (χ4n) is 3.95. The normalized spacial score (nSPS) is 20.9. The van der Waals surface area contributed by atoms with Crippen LogP contribution in [0.4, 0.5) is 0 Å². The highest BCUT2D eigenvalue weighted by Crippen LogP contribution is 2.17. The van der Waals surface area contributed by atoms with Crippen LogP contribution in [0.5, 0.6) is 0 Å². The van der Waals surface area contributed by atoms with Crippen molar-refractivity contribution in [2.45, 2.75) is 24.9 Å². The molecular weight excluding hydrogens is 412 g/mol. The van der Waals surface area contributed by atoms with Gasteiger partial charge < -0.3 is 20.4 Å². The number of rotatable bonds is 4. The summed E-state index contributed by atoms with van der Waals surface area (Å²) in [7, 11) is 0. The van der Waals surface area contributed by atoms with E-state index in [1.165, 1.54) is 23.6 Å². The van der Waals surface area contributed by atoms with E-state index in [4.69, 9.17) is 0 Å². The van der Waals surface area contributed by atoms with Crippen LogP contribution >= 0.6 is 0 Å². The molecule has 10 heteroatoms. The van der Waals surface area contributed by atoms with Gasteiger partial charge in [0.05, 0.1) is 12.1 Å². The van der Waals surface area contributed by atoms with Crippen molar-refractivity contribution in [1.29, 1.82) is 0 Å². The van der Waals surface area contributed by atoms with E-state index in [2.05, 4.69) is 20.6 Å². The van der Waals surface area contributed by atoms with Gasteiger partial charge in [-0.05, 0) is 25.0 Å². The number of piperidine rings is 1. The van der Waals surface area contributed by atoms with Gasteiger partial charge in [-0.2, -0.15) is 0 Å². The van der Waals surface area contributed by atoms with Crippen molar-refractivity contribution in [3.8, 4) is 0 Å². The maximum atomic E-state index is 13.2. The van der Waals surface area contributed by atoms with Crippen molar-refractivity contribution in [3.63, 3.8) is 0 Å². The molecule has 32 heavy (non-hydrogen) atoms. The Morgan fingerprint density at radius 3 is 2.47 bits per heavy atom. The van der Waals surface area contributed by atoms with Crippen molar-refractivity contribution in [3.05, 3.63) is 60.2 Å². The quantitative estimate of drug-likeness (QED) is 0.686. The Labute approximate surface area is 185 Å². The van der Waals surface area contributed by atoms with Gasteiger partial charge in [-0.25, -0.2) is 9.97 Å². The van der Waals surface area contributed by atoms with Gasteiger partial charge in [-0.3, -0.25) is 19.2 Å². The second kappa shape index (κ2) is 9.54. The monoisotopic (exact) mass is 436 g/mol. The highest BCUT2D eigenvalue weighted by Gasteiger charge is 2.39. The molecule has 2 aliphatic rings. The molecular formula is C22H24N6O4. The van der Waals surface area contributed by atoms with E-state index in [0.29, 0.717) is 18.5 Å². The second-order valence-corrected chi connectivity index (χ2v) is 7.75. The third kappa shape index (κ3) is 4.58. The fourth-order valence-corrected chi connectivity index (χ4v) is 3.95. The number of nitrogens with zero attached hydrogens (tertiary/aromatic N) is 4. The zero-order valence-electron chi connectivity index (χ0n) is 17.4. The first-order valence-electron chi connectivity index (χ1n) is 10.5. The molecule has 2 aromatic rings. The predicted octanol–water partition coefficient (Wildman–Crippen LogP) is -0.162. The Morgan fingerprint density at radius 1 is 1.00 bits per heavy atom. The summed E-state index contributed by atoms with van der Waals surface area (Å²) in [5.41, 5.74) is 0.762. The van der Waals surface area contributed by atoms with Gasteiger partial charge in [-0.15, -0.1) is 0 Å². The highest BCUT2D eigenvalue weighted by atomic mass is 16.2. The Balaban J connectivity index is 1.56. The maximum Gasteiger partial charge on any atom is 0.257 e. The van der Waals surface area contributed by atoms with E-state index in [1.54, 1.807) is 29.2 Å². The molecule has 1 aromatic heterocycles. The first-order chi connectivity index (χ1) is 15.5. The summed E-state index contributed by atoms with van der Waals surface area (Å²) in [6.45, 7) is 1.04. The number of amides is 4. The molecule has 1 aromatic carbocycles. The van der Waals surface area contributed by atoms with Gasteiger partial charge in [0.25, 0.3) is 11.8 Å². The van der Waals surface area contributed by atoms with Crippen LogP contribution in [0.1, 0.15) is 33.6 Å². The van der Waals surface area contributed by atoms with Gasteiger partial charge in [0.15, 0.2) is 0 Å². The van der Waals surface area contributed by atoms with Gasteiger partial charge >= 0.3 is 0 Å². The van der Waals surface area contributed by atoms with Crippen LogP contribution in [0.25, 0.3) is 0 Å². The molecule has 166 valence electrons. The predicted molar refractivity (Wildman–Crippen MR) is 113 cm³/mol. The molecule has 10 nitrogen and oxygen atoms in total. The average Bonchev–Trinajstić information content (AvgIpc) is 2.85. The third-order valence-electron chi connectivity index (χ3n) is 5.66. The molecule has 0 radical (unpaired) electrons. The van der Waals surface area contributed by atoms with Crippen molar-refractivity contribution in [1.82, 2.24) is 30.4 Å². The van der Waals surface area contributed by atoms with Crippen LogP contribution in [0.15, 0.2) is 49.1 Å². The molecule has 2 atom stereocenters. The summed E-state index contributed by atoms with van der Waals surface area (Å²) in [6, 6.07) is 7.18. The summed E-state index contributed by atoms with van der Waals surface area (Å²) < 4.78 is 0. The number of hydrogen-bond donors (Lipinski definition) is 2. The molecule has 2 aliphatic heterocycles. The summed E-state index contributed by atoms with van der Waals surface area (Å²) in [5, 5.41) is 5.49. The number of benzene rings is 1.